The summed E-state index contributed by atoms with van der Waals surface area (Å²) in [5.41, 5.74) is 4.29. The van der Waals surface area contributed by atoms with Crippen LogP contribution in [0.1, 0.15) is 64.9 Å². The van der Waals surface area contributed by atoms with E-state index >= 15 is 0 Å². The van der Waals surface area contributed by atoms with Crippen LogP contribution in [0.3, 0.4) is 0 Å². The zero-order chi connectivity index (χ0) is 22.8. The van der Waals surface area contributed by atoms with Gasteiger partial charge in [0.2, 0.25) is 0 Å². The predicted octanol–water partition coefficient (Wildman–Crippen LogP) is 7.28. The molecular formula is C28H34N2O2. The second kappa shape index (κ2) is 12.1. The fraction of sp³-hybridized carbons (Fsp3) is 0.393. The Hall–Kier alpha value is -3.01. The highest BCUT2D eigenvalue weighted by molar-refractivity contribution is 5.73. The van der Waals surface area contributed by atoms with Crippen LogP contribution in [-0.4, -0.2) is 15.9 Å². The molecule has 0 bridgehead atoms. The fourth-order valence-corrected chi connectivity index (χ4v) is 3.52. The summed E-state index contributed by atoms with van der Waals surface area (Å²) in [5.74, 6) is 1.78. The smallest absolute Gasteiger partial charge is 0.311 e. The largest absolute Gasteiger partial charge is 0.427 e. The molecular weight excluding hydrogens is 396 g/mol. The van der Waals surface area contributed by atoms with Gasteiger partial charge in [-0.05, 0) is 48.4 Å². The average Bonchev–Trinajstić information content (AvgIpc) is 2.83. The third-order valence-corrected chi connectivity index (χ3v) is 5.88. The summed E-state index contributed by atoms with van der Waals surface area (Å²) in [5, 5.41) is 0. The molecule has 0 radical (unpaired) electrons. The minimum atomic E-state index is -0.172. The van der Waals surface area contributed by atoms with Crippen LogP contribution in [0.4, 0.5) is 0 Å². The maximum absolute atomic E-state index is 12.0. The van der Waals surface area contributed by atoms with Crippen LogP contribution in [-0.2, 0) is 11.2 Å². The van der Waals surface area contributed by atoms with Gasteiger partial charge >= 0.3 is 5.97 Å². The molecule has 1 aromatic heterocycles. The first-order valence-electron chi connectivity index (χ1n) is 11.8. The summed E-state index contributed by atoms with van der Waals surface area (Å²) >= 11 is 0. The second-order valence-electron chi connectivity index (χ2n) is 8.50. The van der Waals surface area contributed by atoms with E-state index in [0.29, 0.717) is 18.1 Å². The highest BCUT2D eigenvalue weighted by Crippen LogP contribution is 2.24. The van der Waals surface area contributed by atoms with Crippen LogP contribution < -0.4 is 4.74 Å². The molecule has 168 valence electrons. The van der Waals surface area contributed by atoms with Crippen LogP contribution in [0.5, 0.6) is 5.75 Å². The van der Waals surface area contributed by atoms with Crippen LogP contribution in [0.15, 0.2) is 60.9 Å². The minimum absolute atomic E-state index is 0.172. The zero-order valence-electron chi connectivity index (χ0n) is 19.5. The Morgan fingerprint density at radius 1 is 0.875 bits per heavy atom. The number of aromatic nitrogens is 2. The van der Waals surface area contributed by atoms with E-state index in [9.17, 15) is 4.79 Å². The van der Waals surface area contributed by atoms with Crippen molar-refractivity contribution >= 4 is 5.97 Å². The molecule has 1 atom stereocenters. The number of ether oxygens (including phenoxy) is 1. The molecule has 2 aromatic carbocycles. The highest BCUT2D eigenvalue weighted by atomic mass is 16.5. The van der Waals surface area contributed by atoms with Crippen molar-refractivity contribution in [1.82, 2.24) is 9.97 Å². The number of nitrogens with zero attached hydrogens (tertiary/aromatic N) is 2. The Morgan fingerprint density at radius 3 is 2.16 bits per heavy atom. The quantitative estimate of drug-likeness (QED) is 0.237. The lowest BCUT2D eigenvalue weighted by Crippen LogP contribution is -2.08. The summed E-state index contributed by atoms with van der Waals surface area (Å²) in [4.78, 5) is 21.1. The molecule has 0 aliphatic carbocycles. The van der Waals surface area contributed by atoms with Gasteiger partial charge in [-0.2, -0.15) is 0 Å². The van der Waals surface area contributed by atoms with E-state index in [4.69, 9.17) is 4.74 Å². The maximum Gasteiger partial charge on any atom is 0.311 e. The van der Waals surface area contributed by atoms with Gasteiger partial charge in [0.05, 0.1) is 0 Å². The fourth-order valence-electron chi connectivity index (χ4n) is 3.52. The predicted molar refractivity (Wildman–Crippen MR) is 130 cm³/mol. The van der Waals surface area contributed by atoms with Gasteiger partial charge in [0.15, 0.2) is 5.82 Å². The molecule has 0 aliphatic rings. The van der Waals surface area contributed by atoms with Crippen molar-refractivity contribution in [3.05, 3.63) is 66.5 Å². The number of carbonyl (C=O) groups excluding carboxylic acids is 1. The van der Waals surface area contributed by atoms with Crippen LogP contribution >= 0.6 is 0 Å². The number of hydrogen-bond donors (Lipinski definition) is 0. The number of carbonyl (C=O) groups is 1. The zero-order valence-corrected chi connectivity index (χ0v) is 19.5. The maximum atomic E-state index is 12.0. The van der Waals surface area contributed by atoms with Gasteiger partial charge in [-0.25, -0.2) is 9.97 Å². The number of benzene rings is 2. The van der Waals surface area contributed by atoms with Gasteiger partial charge < -0.3 is 4.74 Å². The van der Waals surface area contributed by atoms with Crippen LogP contribution in [0, 0.1) is 5.92 Å². The van der Waals surface area contributed by atoms with Crippen molar-refractivity contribution in [2.75, 3.05) is 0 Å². The van der Waals surface area contributed by atoms with E-state index < -0.39 is 0 Å². The van der Waals surface area contributed by atoms with E-state index in [1.165, 1.54) is 18.4 Å². The average molecular weight is 431 g/mol. The number of unbranched alkanes of at least 4 members (excludes halogenated alkanes) is 1. The molecule has 0 amide bonds. The van der Waals surface area contributed by atoms with Crippen molar-refractivity contribution in [1.29, 1.82) is 0 Å². The number of esters is 1. The molecule has 32 heavy (non-hydrogen) atoms. The molecule has 3 rings (SSSR count). The Bertz CT molecular complexity index is 964. The molecule has 0 N–H and O–H groups in total. The summed E-state index contributed by atoms with van der Waals surface area (Å²) in [6, 6.07) is 16.0. The first-order chi connectivity index (χ1) is 15.6. The molecule has 1 unspecified atom stereocenters. The van der Waals surface area contributed by atoms with Crippen LogP contribution in [0.25, 0.3) is 22.5 Å². The van der Waals surface area contributed by atoms with Crippen molar-refractivity contribution in [3.8, 4) is 28.3 Å². The molecule has 0 aliphatic heterocycles. The topological polar surface area (TPSA) is 52.1 Å². The Morgan fingerprint density at radius 2 is 1.53 bits per heavy atom. The van der Waals surface area contributed by atoms with Gasteiger partial charge in [0.25, 0.3) is 0 Å². The Balaban J connectivity index is 1.56. The normalized spacial score (nSPS) is 11.8. The lowest BCUT2D eigenvalue weighted by molar-refractivity contribution is -0.134. The summed E-state index contributed by atoms with van der Waals surface area (Å²) in [7, 11) is 0. The molecule has 0 fully saturated rings. The van der Waals surface area contributed by atoms with Gasteiger partial charge in [-0.15, -0.1) is 0 Å². The molecule has 3 aromatic rings. The van der Waals surface area contributed by atoms with Crippen molar-refractivity contribution in [3.63, 3.8) is 0 Å². The van der Waals surface area contributed by atoms with E-state index in [1.54, 1.807) is 0 Å². The Kier molecular flexibility index (Phi) is 8.97. The molecule has 0 spiro atoms. The molecule has 4 nitrogen and oxygen atoms in total. The first kappa shape index (κ1) is 23.6. The van der Waals surface area contributed by atoms with E-state index in [2.05, 4.69) is 55.0 Å². The number of rotatable bonds is 11. The van der Waals surface area contributed by atoms with Crippen molar-refractivity contribution < 1.29 is 9.53 Å². The second-order valence-corrected chi connectivity index (χ2v) is 8.50. The molecule has 0 saturated heterocycles. The first-order valence-corrected chi connectivity index (χ1v) is 11.8. The monoisotopic (exact) mass is 430 g/mol. The lowest BCUT2D eigenvalue weighted by Gasteiger charge is -2.08. The van der Waals surface area contributed by atoms with Gasteiger partial charge in [-0.3, -0.25) is 4.79 Å². The van der Waals surface area contributed by atoms with Crippen molar-refractivity contribution in [2.45, 2.75) is 65.7 Å². The molecule has 4 heteroatoms. The van der Waals surface area contributed by atoms with Gasteiger partial charge in [0, 0.05) is 29.9 Å². The Labute approximate surface area is 192 Å². The number of hydrogen-bond acceptors (Lipinski definition) is 4. The highest BCUT2D eigenvalue weighted by Gasteiger charge is 2.08. The standard InChI is InChI=1S/C28H34N2O2/c1-4-6-9-22-11-13-24(14-12-22)28-29-19-25(20-30-28)23-15-17-26(18-16-23)32-27(31)10-7-8-21(3)5-2/h11-21H,4-10H2,1-3H3. The molecule has 1 heterocycles. The van der Waals surface area contributed by atoms with Crippen LogP contribution in [0.2, 0.25) is 0 Å². The lowest BCUT2D eigenvalue weighted by atomic mass is 10.0. The summed E-state index contributed by atoms with van der Waals surface area (Å²) in [6.07, 6.45) is 10.7. The molecule has 0 saturated carbocycles. The third-order valence-electron chi connectivity index (χ3n) is 5.88. The summed E-state index contributed by atoms with van der Waals surface area (Å²) in [6.45, 7) is 6.60. The van der Waals surface area contributed by atoms with Crippen molar-refractivity contribution in [2.24, 2.45) is 5.92 Å². The van der Waals surface area contributed by atoms with E-state index in [0.717, 1.165) is 48.2 Å². The summed E-state index contributed by atoms with van der Waals surface area (Å²) < 4.78 is 5.46. The van der Waals surface area contributed by atoms with E-state index in [-0.39, 0.29) is 5.97 Å². The SMILES string of the molecule is CCCCc1ccc(-c2ncc(-c3ccc(OC(=O)CCCC(C)CC)cc3)cn2)cc1. The minimum Gasteiger partial charge on any atom is -0.427 e. The van der Waals surface area contributed by atoms with E-state index in [1.807, 2.05) is 36.7 Å². The third kappa shape index (κ3) is 7.01. The number of aryl methyl sites for hydroxylation is 1. The van der Waals surface area contributed by atoms with Gasteiger partial charge in [-0.1, -0.05) is 76.4 Å². The van der Waals surface area contributed by atoms with Gasteiger partial charge in [0.1, 0.15) is 5.75 Å².